The maximum Gasteiger partial charge on any atom is 0.235 e. The van der Waals surface area contributed by atoms with Crippen LogP contribution < -0.4 is 11.1 Å². The number of hydrogen-bond donors (Lipinski definition) is 2. The SMILES string of the molecule is CC(C#N)(NC(=O)CN1CCC(CN)C1)C1CC1. The van der Waals surface area contributed by atoms with Gasteiger partial charge in [-0.1, -0.05) is 0 Å². The first-order valence-corrected chi connectivity index (χ1v) is 6.72. The number of nitrogens with zero attached hydrogens (tertiary/aromatic N) is 2. The van der Waals surface area contributed by atoms with Crippen molar-refractivity contribution < 1.29 is 4.79 Å². The molecule has 0 aromatic heterocycles. The lowest BCUT2D eigenvalue weighted by atomic mass is 9.98. The molecule has 100 valence electrons. The average Bonchev–Trinajstić information content (AvgIpc) is 3.11. The molecule has 2 fully saturated rings. The maximum atomic E-state index is 12.0. The molecule has 1 saturated carbocycles. The molecule has 0 aromatic rings. The first kappa shape index (κ1) is 13.3. The molecule has 1 amide bonds. The van der Waals surface area contributed by atoms with Crippen LogP contribution in [0.4, 0.5) is 0 Å². The Morgan fingerprint density at radius 3 is 2.78 bits per heavy atom. The van der Waals surface area contributed by atoms with Crippen LogP contribution in [-0.4, -0.2) is 42.5 Å². The first-order chi connectivity index (χ1) is 8.57. The van der Waals surface area contributed by atoms with Gasteiger partial charge in [-0.2, -0.15) is 5.26 Å². The summed E-state index contributed by atoms with van der Waals surface area (Å²) in [6, 6.07) is 2.25. The first-order valence-electron chi connectivity index (χ1n) is 6.72. The van der Waals surface area contributed by atoms with E-state index in [2.05, 4.69) is 16.3 Å². The van der Waals surface area contributed by atoms with Crippen LogP contribution in [0.3, 0.4) is 0 Å². The summed E-state index contributed by atoms with van der Waals surface area (Å²) in [5, 5.41) is 12.1. The molecule has 0 bridgehead atoms. The molecular formula is C13H22N4O. The Balaban J connectivity index is 1.80. The molecule has 2 atom stereocenters. The highest BCUT2D eigenvalue weighted by Crippen LogP contribution is 2.39. The summed E-state index contributed by atoms with van der Waals surface area (Å²) in [4.78, 5) is 14.1. The fraction of sp³-hybridized carbons (Fsp3) is 0.846. The third-order valence-corrected chi connectivity index (χ3v) is 4.10. The molecule has 0 radical (unpaired) electrons. The Bertz CT molecular complexity index is 360. The van der Waals surface area contributed by atoms with Gasteiger partial charge in [0.15, 0.2) is 0 Å². The van der Waals surface area contributed by atoms with E-state index < -0.39 is 5.54 Å². The second-order valence-electron chi connectivity index (χ2n) is 5.76. The summed E-state index contributed by atoms with van der Waals surface area (Å²) in [5.41, 5.74) is 4.95. The molecule has 1 saturated heterocycles. The van der Waals surface area contributed by atoms with Crippen LogP contribution >= 0.6 is 0 Å². The van der Waals surface area contributed by atoms with Gasteiger partial charge in [0, 0.05) is 6.54 Å². The lowest BCUT2D eigenvalue weighted by Crippen LogP contribution is -2.50. The van der Waals surface area contributed by atoms with Gasteiger partial charge in [0.2, 0.25) is 5.91 Å². The number of hydrogen-bond acceptors (Lipinski definition) is 4. The molecule has 18 heavy (non-hydrogen) atoms. The van der Waals surface area contributed by atoms with Crippen LogP contribution in [0, 0.1) is 23.2 Å². The number of amides is 1. The van der Waals surface area contributed by atoms with Crippen molar-refractivity contribution in [3.63, 3.8) is 0 Å². The predicted molar refractivity (Wildman–Crippen MR) is 68.5 cm³/mol. The zero-order valence-corrected chi connectivity index (χ0v) is 11.0. The fourth-order valence-electron chi connectivity index (χ4n) is 2.66. The Kier molecular flexibility index (Phi) is 3.88. The third-order valence-electron chi connectivity index (χ3n) is 4.10. The number of nitriles is 1. The Labute approximate surface area is 108 Å². The van der Waals surface area contributed by atoms with E-state index in [4.69, 9.17) is 5.73 Å². The summed E-state index contributed by atoms with van der Waals surface area (Å²) >= 11 is 0. The third kappa shape index (κ3) is 3.01. The van der Waals surface area contributed by atoms with Gasteiger partial charge in [-0.25, -0.2) is 0 Å². The van der Waals surface area contributed by atoms with Crippen molar-refractivity contribution in [2.75, 3.05) is 26.2 Å². The molecule has 2 unspecified atom stereocenters. The number of carbonyl (C=O) groups is 1. The fourth-order valence-corrected chi connectivity index (χ4v) is 2.66. The second kappa shape index (κ2) is 5.25. The molecular weight excluding hydrogens is 228 g/mol. The zero-order valence-electron chi connectivity index (χ0n) is 11.0. The van der Waals surface area contributed by atoms with Crippen molar-refractivity contribution in [3.8, 4) is 6.07 Å². The molecule has 0 aromatic carbocycles. The summed E-state index contributed by atoms with van der Waals surface area (Å²) in [6.07, 6.45) is 3.16. The van der Waals surface area contributed by atoms with Gasteiger partial charge in [0.05, 0.1) is 12.6 Å². The molecule has 1 aliphatic carbocycles. The monoisotopic (exact) mass is 250 g/mol. The minimum atomic E-state index is -0.677. The summed E-state index contributed by atoms with van der Waals surface area (Å²) in [6.45, 7) is 4.74. The van der Waals surface area contributed by atoms with Gasteiger partial charge in [-0.15, -0.1) is 0 Å². The molecule has 1 aliphatic heterocycles. The Morgan fingerprint density at radius 2 is 2.28 bits per heavy atom. The molecule has 5 heteroatoms. The van der Waals surface area contributed by atoms with Gasteiger partial charge in [0.1, 0.15) is 5.54 Å². The average molecular weight is 250 g/mol. The van der Waals surface area contributed by atoms with Gasteiger partial charge in [0.25, 0.3) is 0 Å². The normalized spacial score (nSPS) is 27.5. The standard InChI is InChI=1S/C13H22N4O/c1-13(9-15,11-2-3-11)16-12(18)8-17-5-4-10(6-14)7-17/h10-11H,2-8,14H2,1H3,(H,16,18). The van der Waals surface area contributed by atoms with Crippen molar-refractivity contribution >= 4 is 5.91 Å². The highest BCUT2D eigenvalue weighted by Gasteiger charge is 2.43. The molecule has 2 rings (SSSR count). The van der Waals surface area contributed by atoms with E-state index in [1.54, 1.807) is 0 Å². The highest BCUT2D eigenvalue weighted by atomic mass is 16.2. The van der Waals surface area contributed by atoms with Crippen LogP contribution in [0.5, 0.6) is 0 Å². The minimum absolute atomic E-state index is 0.0383. The number of nitrogens with one attached hydrogen (secondary N) is 1. The van der Waals surface area contributed by atoms with E-state index >= 15 is 0 Å². The number of carbonyl (C=O) groups excluding carboxylic acids is 1. The van der Waals surface area contributed by atoms with E-state index in [0.717, 1.165) is 32.4 Å². The molecule has 1 heterocycles. The summed E-state index contributed by atoms with van der Waals surface area (Å²) in [5.74, 6) is 0.814. The van der Waals surface area contributed by atoms with Crippen molar-refractivity contribution in [3.05, 3.63) is 0 Å². The van der Waals surface area contributed by atoms with Gasteiger partial charge < -0.3 is 11.1 Å². The van der Waals surface area contributed by atoms with Crippen molar-refractivity contribution in [1.29, 1.82) is 5.26 Å². The van der Waals surface area contributed by atoms with Crippen molar-refractivity contribution in [2.45, 2.75) is 31.7 Å². The predicted octanol–water partition coefficient (Wildman–Crippen LogP) is 0.0755. The van der Waals surface area contributed by atoms with Crippen LogP contribution in [0.15, 0.2) is 0 Å². The zero-order chi connectivity index (χ0) is 13.2. The van der Waals surface area contributed by atoms with E-state index in [1.165, 1.54) is 0 Å². The van der Waals surface area contributed by atoms with Crippen molar-refractivity contribution in [2.24, 2.45) is 17.6 Å². The summed E-state index contributed by atoms with van der Waals surface area (Å²) in [7, 11) is 0. The van der Waals surface area contributed by atoms with Gasteiger partial charge in [-0.05, 0) is 51.1 Å². The number of nitrogens with two attached hydrogens (primary N) is 1. The van der Waals surface area contributed by atoms with E-state index in [9.17, 15) is 10.1 Å². The quantitative estimate of drug-likeness (QED) is 0.723. The largest absolute Gasteiger partial charge is 0.337 e. The minimum Gasteiger partial charge on any atom is -0.337 e. The summed E-state index contributed by atoms with van der Waals surface area (Å²) < 4.78 is 0. The Hall–Kier alpha value is -1.12. The highest BCUT2D eigenvalue weighted by molar-refractivity contribution is 5.79. The number of likely N-dealkylation sites (tertiary alicyclic amines) is 1. The van der Waals surface area contributed by atoms with Crippen LogP contribution in [0.2, 0.25) is 0 Å². The second-order valence-corrected chi connectivity index (χ2v) is 5.76. The van der Waals surface area contributed by atoms with E-state index in [0.29, 0.717) is 24.9 Å². The lowest BCUT2D eigenvalue weighted by molar-refractivity contribution is -0.123. The lowest BCUT2D eigenvalue weighted by Gasteiger charge is -2.24. The Morgan fingerprint density at radius 1 is 1.56 bits per heavy atom. The van der Waals surface area contributed by atoms with Crippen LogP contribution in [-0.2, 0) is 4.79 Å². The maximum absolute atomic E-state index is 12.0. The van der Waals surface area contributed by atoms with Crippen LogP contribution in [0.1, 0.15) is 26.2 Å². The number of rotatable bonds is 5. The smallest absolute Gasteiger partial charge is 0.235 e. The van der Waals surface area contributed by atoms with Crippen LogP contribution in [0.25, 0.3) is 0 Å². The van der Waals surface area contributed by atoms with Gasteiger partial charge in [-0.3, -0.25) is 9.69 Å². The van der Waals surface area contributed by atoms with E-state index in [1.807, 2.05) is 6.92 Å². The molecule has 2 aliphatic rings. The van der Waals surface area contributed by atoms with Crippen molar-refractivity contribution in [1.82, 2.24) is 10.2 Å². The topological polar surface area (TPSA) is 82.2 Å². The van der Waals surface area contributed by atoms with E-state index in [-0.39, 0.29) is 5.91 Å². The molecule has 5 nitrogen and oxygen atoms in total. The molecule has 0 spiro atoms. The van der Waals surface area contributed by atoms with Gasteiger partial charge >= 0.3 is 0 Å². The molecule has 3 N–H and O–H groups in total.